The van der Waals surface area contributed by atoms with Crippen LogP contribution in [0.2, 0.25) is 0 Å². The quantitative estimate of drug-likeness (QED) is 0.687. The first kappa shape index (κ1) is 15.0. The molecule has 1 unspecified atom stereocenters. The van der Waals surface area contributed by atoms with E-state index in [1.165, 1.54) is 18.4 Å². The van der Waals surface area contributed by atoms with Gasteiger partial charge in [0.25, 0.3) is 0 Å². The maximum atomic E-state index is 5.41. The first-order chi connectivity index (χ1) is 8.49. The lowest BCUT2D eigenvalue weighted by Gasteiger charge is -2.31. The maximum absolute atomic E-state index is 5.41. The van der Waals surface area contributed by atoms with Crippen LogP contribution in [0.3, 0.4) is 0 Å². The van der Waals surface area contributed by atoms with Crippen LogP contribution in [-0.2, 0) is 4.74 Å². The molecule has 0 bridgehead atoms. The standard InChI is InChI=1S/C16H26O2/c1-6-7-15(16(2,3)4)13-8-10-14(11-9-13)18-12-17-5/h8-11,15H,6-7,12H2,1-5H3. The van der Waals surface area contributed by atoms with E-state index < -0.39 is 0 Å². The lowest BCUT2D eigenvalue weighted by molar-refractivity contribution is 0.0511. The average Bonchev–Trinajstić information content (AvgIpc) is 2.33. The van der Waals surface area contributed by atoms with Gasteiger partial charge in [0.15, 0.2) is 6.79 Å². The molecule has 0 spiro atoms. The summed E-state index contributed by atoms with van der Waals surface area (Å²) in [7, 11) is 1.63. The molecule has 102 valence electrons. The second-order valence-corrected chi connectivity index (χ2v) is 5.83. The van der Waals surface area contributed by atoms with E-state index in [1.54, 1.807) is 7.11 Å². The van der Waals surface area contributed by atoms with Crippen molar-refractivity contribution in [3.05, 3.63) is 29.8 Å². The van der Waals surface area contributed by atoms with Crippen LogP contribution in [0, 0.1) is 5.41 Å². The van der Waals surface area contributed by atoms with Crippen LogP contribution < -0.4 is 4.74 Å². The number of benzene rings is 1. The SMILES string of the molecule is CCCC(c1ccc(OCOC)cc1)C(C)(C)C. The largest absolute Gasteiger partial charge is 0.468 e. The fraction of sp³-hybridized carbons (Fsp3) is 0.625. The van der Waals surface area contributed by atoms with E-state index in [0.29, 0.717) is 18.1 Å². The topological polar surface area (TPSA) is 18.5 Å². The molecule has 1 rings (SSSR count). The van der Waals surface area contributed by atoms with Gasteiger partial charge in [0, 0.05) is 7.11 Å². The molecule has 0 aliphatic rings. The second-order valence-electron chi connectivity index (χ2n) is 5.83. The molecule has 2 heteroatoms. The molecule has 0 amide bonds. The highest BCUT2D eigenvalue weighted by molar-refractivity contribution is 5.30. The normalized spacial score (nSPS) is 13.4. The smallest absolute Gasteiger partial charge is 0.188 e. The lowest BCUT2D eigenvalue weighted by Crippen LogP contribution is -2.18. The Kier molecular flexibility index (Phi) is 5.67. The Balaban J connectivity index is 2.80. The fourth-order valence-corrected chi connectivity index (χ4v) is 2.31. The molecule has 2 nitrogen and oxygen atoms in total. The van der Waals surface area contributed by atoms with Crippen molar-refractivity contribution in [1.82, 2.24) is 0 Å². The molecule has 1 aromatic rings. The molecule has 1 aromatic carbocycles. The highest BCUT2D eigenvalue weighted by Crippen LogP contribution is 2.38. The zero-order valence-corrected chi connectivity index (χ0v) is 12.3. The summed E-state index contributed by atoms with van der Waals surface area (Å²) in [6, 6.07) is 8.42. The lowest BCUT2D eigenvalue weighted by atomic mass is 9.74. The summed E-state index contributed by atoms with van der Waals surface area (Å²) in [4.78, 5) is 0. The number of hydrogen-bond acceptors (Lipinski definition) is 2. The molecule has 1 atom stereocenters. The first-order valence-corrected chi connectivity index (χ1v) is 6.70. The molecule has 0 aromatic heterocycles. The van der Waals surface area contributed by atoms with Crippen molar-refractivity contribution in [3.63, 3.8) is 0 Å². The Morgan fingerprint density at radius 1 is 1.11 bits per heavy atom. The summed E-state index contributed by atoms with van der Waals surface area (Å²) in [5, 5.41) is 0. The number of hydrogen-bond donors (Lipinski definition) is 0. The number of methoxy groups -OCH3 is 1. The average molecular weight is 250 g/mol. The van der Waals surface area contributed by atoms with Crippen molar-refractivity contribution in [3.8, 4) is 5.75 Å². The van der Waals surface area contributed by atoms with E-state index in [2.05, 4.69) is 39.8 Å². The molecule has 18 heavy (non-hydrogen) atoms. The molecule has 0 saturated carbocycles. The molecule has 0 aliphatic carbocycles. The van der Waals surface area contributed by atoms with Gasteiger partial charge >= 0.3 is 0 Å². The molecule has 0 saturated heterocycles. The molecule has 0 N–H and O–H groups in total. The van der Waals surface area contributed by atoms with Gasteiger partial charge in [-0.15, -0.1) is 0 Å². The van der Waals surface area contributed by atoms with Gasteiger partial charge in [-0.25, -0.2) is 0 Å². The summed E-state index contributed by atoms with van der Waals surface area (Å²) in [5.41, 5.74) is 1.69. The van der Waals surface area contributed by atoms with Gasteiger partial charge in [0.1, 0.15) is 5.75 Å². The molecular weight excluding hydrogens is 224 g/mol. The van der Waals surface area contributed by atoms with E-state index >= 15 is 0 Å². The van der Waals surface area contributed by atoms with Crippen molar-refractivity contribution in [2.75, 3.05) is 13.9 Å². The van der Waals surface area contributed by atoms with E-state index in [9.17, 15) is 0 Å². The Labute approximate surface area is 111 Å². The Hall–Kier alpha value is -1.02. The summed E-state index contributed by atoms with van der Waals surface area (Å²) >= 11 is 0. The van der Waals surface area contributed by atoms with E-state index in [4.69, 9.17) is 9.47 Å². The van der Waals surface area contributed by atoms with Crippen LogP contribution in [-0.4, -0.2) is 13.9 Å². The third-order valence-corrected chi connectivity index (χ3v) is 3.25. The number of ether oxygens (including phenoxy) is 2. The highest BCUT2D eigenvalue weighted by Gasteiger charge is 2.25. The summed E-state index contributed by atoms with van der Waals surface area (Å²) in [6.45, 7) is 9.47. The monoisotopic (exact) mass is 250 g/mol. The minimum absolute atomic E-state index is 0.297. The van der Waals surface area contributed by atoms with Gasteiger partial charge in [-0.3, -0.25) is 0 Å². The van der Waals surface area contributed by atoms with E-state index in [-0.39, 0.29) is 0 Å². The van der Waals surface area contributed by atoms with Crippen molar-refractivity contribution >= 4 is 0 Å². The Bertz CT molecular complexity index is 335. The number of rotatable bonds is 6. The predicted octanol–water partition coefficient (Wildman–Crippen LogP) is 4.60. The molecular formula is C16H26O2. The van der Waals surface area contributed by atoms with Crippen LogP contribution in [0.25, 0.3) is 0 Å². The summed E-state index contributed by atoms with van der Waals surface area (Å²) in [5.74, 6) is 1.46. The Morgan fingerprint density at radius 2 is 1.72 bits per heavy atom. The van der Waals surface area contributed by atoms with Crippen molar-refractivity contribution in [2.24, 2.45) is 5.41 Å². The van der Waals surface area contributed by atoms with Crippen LogP contribution in [0.4, 0.5) is 0 Å². The van der Waals surface area contributed by atoms with Crippen LogP contribution in [0.1, 0.15) is 52.0 Å². The van der Waals surface area contributed by atoms with Crippen LogP contribution >= 0.6 is 0 Å². The third kappa shape index (κ3) is 4.34. The van der Waals surface area contributed by atoms with Gasteiger partial charge in [-0.2, -0.15) is 0 Å². The fourth-order valence-electron chi connectivity index (χ4n) is 2.31. The molecule has 0 heterocycles. The Morgan fingerprint density at radius 3 is 2.17 bits per heavy atom. The van der Waals surface area contributed by atoms with Crippen molar-refractivity contribution in [1.29, 1.82) is 0 Å². The van der Waals surface area contributed by atoms with Gasteiger partial charge in [-0.05, 0) is 35.4 Å². The predicted molar refractivity (Wildman–Crippen MR) is 76.1 cm³/mol. The second kappa shape index (κ2) is 6.79. The van der Waals surface area contributed by atoms with Gasteiger partial charge < -0.3 is 9.47 Å². The third-order valence-electron chi connectivity index (χ3n) is 3.25. The zero-order valence-electron chi connectivity index (χ0n) is 12.3. The molecule has 0 radical (unpaired) electrons. The van der Waals surface area contributed by atoms with Crippen molar-refractivity contribution in [2.45, 2.75) is 46.5 Å². The van der Waals surface area contributed by atoms with Gasteiger partial charge in [0.2, 0.25) is 0 Å². The van der Waals surface area contributed by atoms with Gasteiger partial charge in [0.05, 0.1) is 0 Å². The summed E-state index contributed by atoms with van der Waals surface area (Å²) in [6.07, 6.45) is 2.44. The summed E-state index contributed by atoms with van der Waals surface area (Å²) < 4.78 is 10.3. The van der Waals surface area contributed by atoms with E-state index in [0.717, 1.165) is 5.75 Å². The van der Waals surface area contributed by atoms with Crippen LogP contribution in [0.5, 0.6) is 5.75 Å². The van der Waals surface area contributed by atoms with Gasteiger partial charge in [-0.1, -0.05) is 46.2 Å². The first-order valence-electron chi connectivity index (χ1n) is 6.70. The minimum Gasteiger partial charge on any atom is -0.468 e. The molecule has 0 aliphatic heterocycles. The minimum atomic E-state index is 0.297. The maximum Gasteiger partial charge on any atom is 0.188 e. The van der Waals surface area contributed by atoms with Crippen LogP contribution in [0.15, 0.2) is 24.3 Å². The van der Waals surface area contributed by atoms with E-state index in [1.807, 2.05) is 12.1 Å². The zero-order chi connectivity index (χ0) is 13.6. The highest BCUT2D eigenvalue weighted by atomic mass is 16.7. The van der Waals surface area contributed by atoms with Crippen molar-refractivity contribution < 1.29 is 9.47 Å². The molecule has 0 fully saturated rings.